The van der Waals surface area contributed by atoms with Crippen LogP contribution < -0.4 is 5.32 Å². The Morgan fingerprint density at radius 3 is 2.68 bits per heavy atom. The van der Waals surface area contributed by atoms with Crippen LogP contribution in [0, 0.1) is 11.8 Å². The summed E-state index contributed by atoms with van der Waals surface area (Å²) in [6.45, 7) is 1.30. The summed E-state index contributed by atoms with van der Waals surface area (Å²) >= 11 is 3.93. The van der Waals surface area contributed by atoms with E-state index in [4.69, 9.17) is 0 Å². The summed E-state index contributed by atoms with van der Waals surface area (Å²) in [4.78, 5) is 39.7. The quantitative estimate of drug-likeness (QED) is 0.744. The number of thiol groups is 1. The molecule has 1 N–H and O–H groups in total. The molecule has 1 unspecified atom stereocenters. The molecule has 150 valence electrons. The molecule has 1 aromatic carbocycles. The molecule has 0 aromatic heterocycles. The maximum absolute atomic E-state index is 13.1. The highest BCUT2D eigenvalue weighted by atomic mass is 32.1. The molecule has 1 aromatic rings. The number of ketones is 1. The van der Waals surface area contributed by atoms with E-state index in [1.807, 2.05) is 0 Å². The Morgan fingerprint density at radius 2 is 1.89 bits per heavy atom. The van der Waals surface area contributed by atoms with E-state index < -0.39 is 6.04 Å². The lowest BCUT2D eigenvalue weighted by Crippen LogP contribution is -2.47. The number of carbonyl (C=O) groups is 3. The number of hydrogen-bond acceptors (Lipinski definition) is 4. The van der Waals surface area contributed by atoms with Crippen molar-refractivity contribution in [3.8, 4) is 0 Å². The Morgan fingerprint density at radius 1 is 1.11 bits per heavy atom. The van der Waals surface area contributed by atoms with Crippen molar-refractivity contribution >= 4 is 29.4 Å². The first-order chi connectivity index (χ1) is 13.5. The predicted octanol–water partition coefficient (Wildman–Crippen LogP) is 2.18. The van der Waals surface area contributed by atoms with Crippen LogP contribution in [0.4, 0.5) is 0 Å². The molecule has 2 heterocycles. The van der Waals surface area contributed by atoms with Crippen molar-refractivity contribution in [3.63, 3.8) is 0 Å². The fraction of sp³-hybridized carbons (Fsp3) is 0.591. The summed E-state index contributed by atoms with van der Waals surface area (Å²) in [6, 6.07) is 7.60. The van der Waals surface area contributed by atoms with Gasteiger partial charge in [0.25, 0.3) is 0 Å². The van der Waals surface area contributed by atoms with Gasteiger partial charge in [0.1, 0.15) is 0 Å². The zero-order valence-corrected chi connectivity index (χ0v) is 17.0. The van der Waals surface area contributed by atoms with E-state index in [-0.39, 0.29) is 28.8 Å². The van der Waals surface area contributed by atoms with E-state index in [1.165, 1.54) is 11.1 Å². The van der Waals surface area contributed by atoms with Gasteiger partial charge in [-0.25, -0.2) is 0 Å². The van der Waals surface area contributed by atoms with Gasteiger partial charge in [0, 0.05) is 18.9 Å². The normalized spacial score (nSPS) is 29.5. The summed E-state index contributed by atoms with van der Waals surface area (Å²) in [5.41, 5.74) is 2.75. The number of benzene rings is 1. The lowest BCUT2D eigenvalue weighted by molar-refractivity contribution is -0.140. The van der Waals surface area contributed by atoms with Gasteiger partial charge in [0.15, 0.2) is 5.78 Å². The number of aryl methyl sites for hydroxylation is 1. The third-order valence-electron chi connectivity index (χ3n) is 6.67. The van der Waals surface area contributed by atoms with Gasteiger partial charge in [0.05, 0.1) is 12.1 Å². The third-order valence-corrected chi connectivity index (χ3v) is 6.95. The maximum atomic E-state index is 13.1. The van der Waals surface area contributed by atoms with Gasteiger partial charge < -0.3 is 10.2 Å². The summed E-state index contributed by atoms with van der Waals surface area (Å²) in [6.07, 6.45) is 5.71. The van der Waals surface area contributed by atoms with E-state index in [0.29, 0.717) is 38.3 Å². The molecule has 28 heavy (non-hydrogen) atoms. The second-order valence-electron chi connectivity index (χ2n) is 8.39. The number of hydrogen-bond donors (Lipinski definition) is 2. The number of Topliss-reactive ketones (excluding diaryl/α,β-unsaturated/α-hetero) is 1. The van der Waals surface area contributed by atoms with Gasteiger partial charge in [-0.15, -0.1) is 12.6 Å². The highest BCUT2D eigenvalue weighted by Crippen LogP contribution is 2.31. The zero-order chi connectivity index (χ0) is 19.7. The predicted molar refractivity (Wildman–Crippen MR) is 110 cm³/mol. The fourth-order valence-corrected chi connectivity index (χ4v) is 5.46. The second kappa shape index (κ2) is 8.37. The lowest BCUT2D eigenvalue weighted by atomic mass is 9.82. The topological polar surface area (TPSA) is 66.5 Å². The molecule has 6 heteroatoms. The molecule has 4 atom stereocenters. The van der Waals surface area contributed by atoms with Crippen LogP contribution in [-0.4, -0.2) is 46.9 Å². The lowest BCUT2D eigenvalue weighted by Gasteiger charge is -2.30. The molecule has 0 spiro atoms. The van der Waals surface area contributed by atoms with Gasteiger partial charge in [-0.1, -0.05) is 24.3 Å². The molecule has 3 aliphatic rings. The van der Waals surface area contributed by atoms with Crippen molar-refractivity contribution in [2.24, 2.45) is 11.8 Å². The average Bonchev–Trinajstić information content (AvgIpc) is 3.37. The van der Waals surface area contributed by atoms with E-state index in [0.717, 1.165) is 25.7 Å². The van der Waals surface area contributed by atoms with E-state index >= 15 is 0 Å². The number of amides is 1. The van der Waals surface area contributed by atoms with Crippen molar-refractivity contribution in [3.05, 3.63) is 35.4 Å². The number of nitrogens with one attached hydrogen (secondary N) is 1. The monoisotopic (exact) mass is 400 g/mol. The van der Waals surface area contributed by atoms with Gasteiger partial charge in [0.2, 0.25) is 11.0 Å². The van der Waals surface area contributed by atoms with Gasteiger partial charge in [-0.05, 0) is 62.1 Å². The van der Waals surface area contributed by atoms with Gasteiger partial charge >= 0.3 is 0 Å². The van der Waals surface area contributed by atoms with Crippen LogP contribution in [0.15, 0.2) is 24.3 Å². The number of fused-ring (bicyclic) bond motifs is 1. The van der Waals surface area contributed by atoms with E-state index in [9.17, 15) is 14.4 Å². The molecule has 2 saturated heterocycles. The molecular weight excluding hydrogens is 372 g/mol. The number of likely N-dealkylation sites (tertiary alicyclic amines) is 1. The van der Waals surface area contributed by atoms with Gasteiger partial charge in [-0.2, -0.15) is 0 Å². The largest absolute Gasteiger partial charge is 0.333 e. The van der Waals surface area contributed by atoms with Crippen molar-refractivity contribution in [2.45, 2.75) is 57.0 Å². The van der Waals surface area contributed by atoms with Crippen molar-refractivity contribution in [2.75, 3.05) is 13.1 Å². The van der Waals surface area contributed by atoms with Crippen LogP contribution in [0.2, 0.25) is 0 Å². The Kier molecular flexibility index (Phi) is 5.88. The second-order valence-corrected chi connectivity index (χ2v) is 8.84. The molecule has 2 fully saturated rings. The molecular formula is C22H28N2O3S. The molecule has 0 bridgehead atoms. The number of rotatable bonds is 5. The van der Waals surface area contributed by atoms with Crippen molar-refractivity contribution in [1.29, 1.82) is 0 Å². The number of carbonyl (C=O) groups excluding carboxylic acids is 3. The minimum absolute atomic E-state index is 0.0391. The molecule has 4 rings (SSSR count). The Balaban J connectivity index is 1.40. The maximum Gasteiger partial charge on any atom is 0.223 e. The van der Waals surface area contributed by atoms with Crippen molar-refractivity contribution in [1.82, 2.24) is 10.2 Å². The molecule has 0 radical (unpaired) electrons. The molecule has 2 aliphatic heterocycles. The minimum Gasteiger partial charge on any atom is -0.333 e. The molecule has 5 nitrogen and oxygen atoms in total. The summed E-state index contributed by atoms with van der Waals surface area (Å²) in [5, 5.41) is 2.79. The Hall–Kier alpha value is -1.66. The first kappa shape index (κ1) is 19.6. The standard InChI is InChI=1S/C22H28N2O3S/c25-19(13-14-7-8-15-4-1-2-5-16(15)12-14)24-11-3-6-18(24)21(26)17-9-10-23-20(17)22(27)28/h1-2,4-5,14,17-18,20,23H,3,6-13H2,(H,27,28)/t14-,17?,18+,20+/m1/s1. The number of nitrogens with zero attached hydrogens (tertiary/aromatic N) is 1. The summed E-state index contributed by atoms with van der Waals surface area (Å²) in [7, 11) is 0. The first-order valence-corrected chi connectivity index (χ1v) is 10.9. The van der Waals surface area contributed by atoms with Crippen LogP contribution in [0.1, 0.15) is 43.2 Å². The van der Waals surface area contributed by atoms with Gasteiger partial charge in [-0.3, -0.25) is 14.4 Å². The highest BCUT2D eigenvalue weighted by Gasteiger charge is 2.43. The van der Waals surface area contributed by atoms with E-state index in [2.05, 4.69) is 42.2 Å². The zero-order valence-electron chi connectivity index (χ0n) is 16.1. The van der Waals surface area contributed by atoms with Crippen LogP contribution >= 0.6 is 12.6 Å². The van der Waals surface area contributed by atoms with Crippen molar-refractivity contribution < 1.29 is 14.4 Å². The average molecular weight is 401 g/mol. The third kappa shape index (κ3) is 3.90. The highest BCUT2D eigenvalue weighted by molar-refractivity contribution is 7.96. The first-order valence-electron chi connectivity index (χ1n) is 10.4. The molecule has 0 saturated carbocycles. The molecule has 1 aliphatic carbocycles. The van der Waals surface area contributed by atoms with E-state index in [1.54, 1.807) is 4.90 Å². The van der Waals surface area contributed by atoms with Crippen LogP contribution in [0.3, 0.4) is 0 Å². The van der Waals surface area contributed by atoms with Crippen LogP contribution in [0.5, 0.6) is 0 Å². The van der Waals surface area contributed by atoms with Crippen LogP contribution in [-0.2, 0) is 27.2 Å². The Labute approximate surface area is 171 Å². The SMILES string of the molecule is O=C(S)[C@H]1NCCC1C(=O)[C@@H]1CCCN1C(=O)C[C@@H]1CCc2ccccc2C1. The fourth-order valence-electron chi connectivity index (χ4n) is 5.19. The smallest absolute Gasteiger partial charge is 0.223 e. The Bertz CT molecular complexity index is 781. The van der Waals surface area contributed by atoms with Crippen LogP contribution in [0.25, 0.3) is 0 Å². The summed E-state index contributed by atoms with van der Waals surface area (Å²) in [5.74, 6) is 0.126. The molecule has 1 amide bonds. The minimum atomic E-state index is -0.511. The summed E-state index contributed by atoms with van der Waals surface area (Å²) < 4.78 is 0.